The highest BCUT2D eigenvalue weighted by Crippen LogP contribution is 2.23. The predicted octanol–water partition coefficient (Wildman–Crippen LogP) is 3.28. The van der Waals surface area contributed by atoms with Gasteiger partial charge < -0.3 is 15.4 Å². The van der Waals surface area contributed by atoms with E-state index < -0.39 is 0 Å². The maximum absolute atomic E-state index is 12.2. The number of hydrogen-bond acceptors (Lipinski definition) is 3. The lowest BCUT2D eigenvalue weighted by molar-refractivity contribution is 0.0946. The van der Waals surface area contributed by atoms with E-state index in [0.29, 0.717) is 29.5 Å². The topological polar surface area (TPSA) is 50.4 Å². The van der Waals surface area contributed by atoms with Crippen LogP contribution in [0.3, 0.4) is 0 Å². The minimum Gasteiger partial charge on any atom is -0.493 e. The van der Waals surface area contributed by atoms with Gasteiger partial charge >= 0.3 is 0 Å². The first-order valence-corrected chi connectivity index (χ1v) is 7.40. The van der Waals surface area contributed by atoms with Crippen molar-refractivity contribution in [3.05, 3.63) is 28.8 Å². The normalized spacial score (nSPS) is 11.4. The number of nitrogens with one attached hydrogen (secondary N) is 2. The molecular formula is C15H24Cl2N2O2. The molecule has 4 nitrogen and oxygen atoms in total. The highest BCUT2D eigenvalue weighted by molar-refractivity contribution is 6.31. The first kappa shape index (κ1) is 20.0. The van der Waals surface area contributed by atoms with Crippen LogP contribution in [0, 0.1) is 0 Å². The number of hydrogen-bond donors (Lipinski definition) is 2. The SMILES string of the molecule is CCCOc1ccc(Cl)cc1C(=O)NC[C@@H](C)NCC.Cl. The molecule has 1 atom stereocenters. The molecule has 0 heterocycles. The lowest BCUT2D eigenvalue weighted by Crippen LogP contribution is -2.38. The second-order valence-corrected chi connectivity index (χ2v) is 5.09. The maximum Gasteiger partial charge on any atom is 0.255 e. The van der Waals surface area contributed by atoms with E-state index >= 15 is 0 Å². The molecule has 0 aliphatic heterocycles. The molecule has 0 bridgehead atoms. The minimum absolute atomic E-state index is 0. The average molecular weight is 335 g/mol. The molecule has 2 N–H and O–H groups in total. The number of halogens is 2. The number of benzene rings is 1. The van der Waals surface area contributed by atoms with Crippen LogP contribution in [0.15, 0.2) is 18.2 Å². The minimum atomic E-state index is -0.164. The third kappa shape index (κ3) is 7.02. The van der Waals surface area contributed by atoms with Gasteiger partial charge in [-0.25, -0.2) is 0 Å². The third-order valence-corrected chi connectivity index (χ3v) is 3.00. The van der Waals surface area contributed by atoms with Crippen molar-refractivity contribution in [1.82, 2.24) is 10.6 Å². The zero-order valence-corrected chi connectivity index (χ0v) is 14.3. The van der Waals surface area contributed by atoms with Crippen LogP contribution < -0.4 is 15.4 Å². The predicted molar refractivity (Wildman–Crippen MR) is 90.0 cm³/mol. The number of ether oxygens (including phenoxy) is 1. The Kier molecular flexibility index (Phi) is 10.2. The number of amides is 1. The van der Waals surface area contributed by atoms with Crippen LogP contribution in [0.4, 0.5) is 0 Å². The summed E-state index contributed by atoms with van der Waals surface area (Å²) in [6.07, 6.45) is 0.890. The summed E-state index contributed by atoms with van der Waals surface area (Å²) >= 11 is 5.96. The van der Waals surface area contributed by atoms with E-state index in [9.17, 15) is 4.79 Å². The summed E-state index contributed by atoms with van der Waals surface area (Å²) in [6, 6.07) is 5.33. The van der Waals surface area contributed by atoms with E-state index in [4.69, 9.17) is 16.3 Å². The largest absolute Gasteiger partial charge is 0.493 e. The van der Waals surface area contributed by atoms with E-state index in [0.717, 1.165) is 13.0 Å². The Balaban J connectivity index is 0.00000400. The van der Waals surface area contributed by atoms with Crippen LogP contribution in [0.1, 0.15) is 37.6 Å². The van der Waals surface area contributed by atoms with Gasteiger partial charge in [-0.3, -0.25) is 4.79 Å². The van der Waals surface area contributed by atoms with E-state index in [1.54, 1.807) is 18.2 Å². The summed E-state index contributed by atoms with van der Waals surface area (Å²) in [5.74, 6) is 0.410. The van der Waals surface area contributed by atoms with Crippen molar-refractivity contribution in [2.24, 2.45) is 0 Å². The van der Waals surface area contributed by atoms with Gasteiger partial charge in [-0.2, -0.15) is 0 Å². The first-order chi connectivity index (χ1) is 9.58. The van der Waals surface area contributed by atoms with Gasteiger partial charge in [-0.15, -0.1) is 12.4 Å². The number of likely N-dealkylation sites (N-methyl/N-ethyl adjacent to an activating group) is 1. The first-order valence-electron chi connectivity index (χ1n) is 7.02. The average Bonchev–Trinajstić information content (AvgIpc) is 2.43. The molecule has 1 aromatic carbocycles. The number of rotatable bonds is 8. The molecule has 1 rings (SSSR count). The van der Waals surface area contributed by atoms with E-state index in [2.05, 4.69) is 10.6 Å². The van der Waals surface area contributed by atoms with Gasteiger partial charge in [0.05, 0.1) is 12.2 Å². The molecule has 0 aliphatic carbocycles. The molecule has 0 saturated heterocycles. The van der Waals surface area contributed by atoms with Crippen molar-refractivity contribution >= 4 is 29.9 Å². The summed E-state index contributed by atoms with van der Waals surface area (Å²) in [4.78, 5) is 12.2. The maximum atomic E-state index is 12.2. The van der Waals surface area contributed by atoms with Crippen molar-refractivity contribution in [3.8, 4) is 5.75 Å². The van der Waals surface area contributed by atoms with Gasteiger partial charge in [0.25, 0.3) is 5.91 Å². The summed E-state index contributed by atoms with van der Waals surface area (Å²) in [6.45, 7) is 8.09. The standard InChI is InChI=1S/C15H23ClN2O2.ClH/c1-4-8-20-14-7-6-12(16)9-13(14)15(19)18-10-11(3)17-5-2;/h6-7,9,11,17H,4-5,8,10H2,1-3H3,(H,18,19);1H/t11-;/m1./s1. The Labute approximate surface area is 138 Å². The fraction of sp³-hybridized carbons (Fsp3) is 0.533. The van der Waals surface area contributed by atoms with Crippen LogP contribution in [0.5, 0.6) is 5.75 Å². The van der Waals surface area contributed by atoms with E-state index in [1.165, 1.54) is 0 Å². The molecule has 0 aromatic heterocycles. The van der Waals surface area contributed by atoms with Crippen molar-refractivity contribution in [2.45, 2.75) is 33.2 Å². The molecule has 21 heavy (non-hydrogen) atoms. The highest BCUT2D eigenvalue weighted by Gasteiger charge is 2.14. The Hall–Kier alpha value is -0.970. The lowest BCUT2D eigenvalue weighted by Gasteiger charge is -2.15. The molecule has 0 spiro atoms. The highest BCUT2D eigenvalue weighted by atomic mass is 35.5. The lowest BCUT2D eigenvalue weighted by atomic mass is 10.2. The summed E-state index contributed by atoms with van der Waals surface area (Å²) < 4.78 is 5.58. The van der Waals surface area contributed by atoms with Gasteiger partial charge in [-0.05, 0) is 38.1 Å². The molecule has 6 heteroatoms. The Bertz CT molecular complexity index is 442. The zero-order valence-electron chi connectivity index (χ0n) is 12.7. The summed E-state index contributed by atoms with van der Waals surface area (Å²) in [5, 5.41) is 6.65. The molecule has 0 fully saturated rings. The zero-order chi connectivity index (χ0) is 15.0. The molecular weight excluding hydrogens is 311 g/mol. The van der Waals surface area contributed by atoms with Crippen LogP contribution >= 0.6 is 24.0 Å². The molecule has 1 aromatic rings. The molecule has 0 radical (unpaired) electrons. The fourth-order valence-corrected chi connectivity index (χ4v) is 1.95. The van der Waals surface area contributed by atoms with Gasteiger partial charge in [-0.1, -0.05) is 25.4 Å². The fourth-order valence-electron chi connectivity index (χ4n) is 1.78. The summed E-state index contributed by atoms with van der Waals surface area (Å²) in [7, 11) is 0. The summed E-state index contributed by atoms with van der Waals surface area (Å²) in [5.41, 5.74) is 0.481. The van der Waals surface area contributed by atoms with Crippen LogP contribution in [0.2, 0.25) is 5.02 Å². The van der Waals surface area contributed by atoms with Crippen LogP contribution in [-0.2, 0) is 0 Å². The van der Waals surface area contributed by atoms with Crippen molar-refractivity contribution < 1.29 is 9.53 Å². The molecule has 1 amide bonds. The van der Waals surface area contributed by atoms with Crippen LogP contribution in [0.25, 0.3) is 0 Å². The Morgan fingerprint density at radius 1 is 1.38 bits per heavy atom. The van der Waals surface area contributed by atoms with E-state index in [-0.39, 0.29) is 24.4 Å². The van der Waals surface area contributed by atoms with Crippen molar-refractivity contribution in [3.63, 3.8) is 0 Å². The Morgan fingerprint density at radius 3 is 2.71 bits per heavy atom. The molecule has 120 valence electrons. The van der Waals surface area contributed by atoms with Crippen molar-refractivity contribution in [2.75, 3.05) is 19.7 Å². The molecule has 0 saturated carbocycles. The van der Waals surface area contributed by atoms with Crippen molar-refractivity contribution in [1.29, 1.82) is 0 Å². The molecule has 0 aliphatic rings. The van der Waals surface area contributed by atoms with Gasteiger partial charge in [0.2, 0.25) is 0 Å². The molecule has 0 unspecified atom stereocenters. The third-order valence-electron chi connectivity index (χ3n) is 2.77. The van der Waals surface area contributed by atoms with Crippen LogP contribution in [-0.4, -0.2) is 31.6 Å². The second kappa shape index (κ2) is 10.7. The van der Waals surface area contributed by atoms with Gasteiger partial charge in [0, 0.05) is 17.6 Å². The van der Waals surface area contributed by atoms with E-state index in [1.807, 2.05) is 20.8 Å². The monoisotopic (exact) mass is 334 g/mol. The van der Waals surface area contributed by atoms with Gasteiger partial charge in [0.1, 0.15) is 5.75 Å². The smallest absolute Gasteiger partial charge is 0.255 e. The quantitative estimate of drug-likeness (QED) is 0.767. The number of carbonyl (C=O) groups is 1. The second-order valence-electron chi connectivity index (χ2n) is 4.66. The van der Waals surface area contributed by atoms with Gasteiger partial charge in [0.15, 0.2) is 0 Å². The Morgan fingerprint density at radius 2 is 2.10 bits per heavy atom. The number of carbonyl (C=O) groups excluding carboxylic acids is 1.